The van der Waals surface area contributed by atoms with E-state index in [1.165, 1.54) is 51.0 Å². The summed E-state index contributed by atoms with van der Waals surface area (Å²) in [4.78, 5) is 3.53. The number of quaternary nitrogens is 2. The van der Waals surface area contributed by atoms with Crippen molar-refractivity contribution in [3.05, 3.63) is 65.2 Å². The van der Waals surface area contributed by atoms with Crippen LogP contribution in [0, 0.1) is 0 Å². The second kappa shape index (κ2) is 8.24. The lowest BCUT2D eigenvalue weighted by Crippen LogP contribution is -3.20. The summed E-state index contributed by atoms with van der Waals surface area (Å²) in [5.74, 6) is 1.07. The second-order valence-electron chi connectivity index (χ2n) is 7.85. The van der Waals surface area contributed by atoms with Crippen molar-refractivity contribution in [3.8, 4) is 5.75 Å². The molecule has 1 unspecified atom stereocenters. The lowest BCUT2D eigenvalue weighted by atomic mass is 9.95. The molecule has 0 aromatic heterocycles. The first-order valence-corrected chi connectivity index (χ1v) is 10.3. The summed E-state index contributed by atoms with van der Waals surface area (Å²) in [5, 5.41) is 0. The number of nitrogens with one attached hydrogen (secondary N) is 2. The number of likely N-dealkylation sites (tertiary alicyclic amines) is 1. The summed E-state index contributed by atoms with van der Waals surface area (Å²) in [6.07, 6.45) is 3.95. The molecule has 0 bridgehead atoms. The highest BCUT2D eigenvalue weighted by atomic mass is 16.5. The molecule has 2 aromatic rings. The molecule has 26 heavy (non-hydrogen) atoms. The van der Waals surface area contributed by atoms with E-state index < -0.39 is 0 Å². The molecule has 0 saturated carbocycles. The molecule has 3 nitrogen and oxygen atoms in total. The van der Waals surface area contributed by atoms with Gasteiger partial charge in [0.25, 0.3) is 0 Å². The van der Waals surface area contributed by atoms with Crippen LogP contribution in [0.5, 0.6) is 5.75 Å². The molecule has 2 aromatic carbocycles. The van der Waals surface area contributed by atoms with Crippen molar-refractivity contribution in [3.63, 3.8) is 0 Å². The first kappa shape index (κ1) is 17.6. The molecule has 1 fully saturated rings. The molecule has 0 aliphatic carbocycles. The summed E-state index contributed by atoms with van der Waals surface area (Å²) in [6.45, 7) is 9.02. The maximum atomic E-state index is 5.81. The van der Waals surface area contributed by atoms with Gasteiger partial charge in [-0.25, -0.2) is 0 Å². The zero-order chi connectivity index (χ0) is 17.8. The zero-order valence-electron chi connectivity index (χ0n) is 16.0. The van der Waals surface area contributed by atoms with E-state index in [0.29, 0.717) is 0 Å². The quantitative estimate of drug-likeness (QED) is 0.830. The molecule has 0 radical (unpaired) electrons. The molecule has 2 heterocycles. The number of para-hydroxylation sites is 1. The van der Waals surface area contributed by atoms with Crippen LogP contribution in [-0.4, -0.2) is 32.3 Å². The Balaban J connectivity index is 1.32. The van der Waals surface area contributed by atoms with Gasteiger partial charge in [0.1, 0.15) is 18.8 Å². The minimum Gasteiger partial charge on any atom is -0.493 e. The highest BCUT2D eigenvalue weighted by molar-refractivity contribution is 5.32. The van der Waals surface area contributed by atoms with Gasteiger partial charge in [0.15, 0.2) is 0 Å². The minimum absolute atomic E-state index is 0.744. The van der Waals surface area contributed by atoms with Crippen molar-refractivity contribution in [1.82, 2.24) is 0 Å². The number of hydrogen-bond donors (Lipinski definition) is 2. The number of ether oxygens (including phenoxy) is 1. The lowest BCUT2D eigenvalue weighted by Gasteiger charge is -2.36. The third kappa shape index (κ3) is 3.94. The van der Waals surface area contributed by atoms with Crippen molar-refractivity contribution in [2.45, 2.75) is 45.3 Å². The van der Waals surface area contributed by atoms with Gasteiger partial charge in [-0.1, -0.05) is 36.4 Å². The molecular formula is C23H32N2O+2. The summed E-state index contributed by atoms with van der Waals surface area (Å²) >= 11 is 0. The van der Waals surface area contributed by atoms with E-state index in [4.69, 9.17) is 4.74 Å². The van der Waals surface area contributed by atoms with E-state index in [2.05, 4.69) is 55.5 Å². The Morgan fingerprint density at radius 3 is 2.46 bits per heavy atom. The van der Waals surface area contributed by atoms with Gasteiger partial charge in [-0.15, -0.1) is 0 Å². The standard InChI is InChI=1S/C23H30N2O/c1-2-26-23-10-6-5-9-21(23)17-24-14-12-22(13-15-24)25-16-11-19-7-3-4-8-20(19)18-25/h3-10,22H,2,11-18H2,1H3/p+2. The molecule has 4 rings (SSSR count). The highest BCUT2D eigenvalue weighted by Crippen LogP contribution is 2.17. The van der Waals surface area contributed by atoms with E-state index in [1.54, 1.807) is 16.0 Å². The van der Waals surface area contributed by atoms with Crippen LogP contribution in [0.4, 0.5) is 0 Å². The Morgan fingerprint density at radius 1 is 0.923 bits per heavy atom. The summed E-state index contributed by atoms with van der Waals surface area (Å²) < 4.78 is 5.81. The predicted molar refractivity (Wildman–Crippen MR) is 105 cm³/mol. The van der Waals surface area contributed by atoms with Gasteiger partial charge < -0.3 is 14.5 Å². The van der Waals surface area contributed by atoms with Crippen LogP contribution in [0.1, 0.15) is 36.5 Å². The van der Waals surface area contributed by atoms with Crippen molar-refractivity contribution in [1.29, 1.82) is 0 Å². The molecule has 2 aliphatic rings. The lowest BCUT2D eigenvalue weighted by molar-refractivity contribution is -0.972. The van der Waals surface area contributed by atoms with Crippen LogP contribution in [-0.2, 0) is 19.5 Å². The second-order valence-corrected chi connectivity index (χ2v) is 7.85. The monoisotopic (exact) mass is 352 g/mol. The minimum atomic E-state index is 0.744. The normalized spacial score (nSPS) is 25.5. The fraction of sp³-hybridized carbons (Fsp3) is 0.478. The van der Waals surface area contributed by atoms with E-state index >= 15 is 0 Å². The first-order valence-electron chi connectivity index (χ1n) is 10.3. The van der Waals surface area contributed by atoms with Crippen molar-refractivity contribution in [2.24, 2.45) is 0 Å². The van der Waals surface area contributed by atoms with Gasteiger partial charge in [0.2, 0.25) is 0 Å². The van der Waals surface area contributed by atoms with E-state index in [-0.39, 0.29) is 0 Å². The molecule has 0 amide bonds. The Kier molecular flexibility index (Phi) is 5.57. The van der Waals surface area contributed by atoms with Crippen molar-refractivity contribution < 1.29 is 14.5 Å². The van der Waals surface area contributed by atoms with E-state index in [0.717, 1.165) is 24.9 Å². The molecule has 0 spiro atoms. The van der Waals surface area contributed by atoms with Crippen LogP contribution in [0.2, 0.25) is 0 Å². The molecular weight excluding hydrogens is 320 g/mol. The number of benzene rings is 2. The average Bonchev–Trinajstić information content (AvgIpc) is 2.70. The average molecular weight is 353 g/mol. The van der Waals surface area contributed by atoms with E-state index in [1.807, 2.05) is 4.90 Å². The first-order chi connectivity index (χ1) is 12.8. The maximum Gasteiger partial charge on any atom is 0.128 e. The van der Waals surface area contributed by atoms with E-state index in [9.17, 15) is 0 Å². The van der Waals surface area contributed by atoms with Crippen LogP contribution in [0.15, 0.2) is 48.5 Å². The largest absolute Gasteiger partial charge is 0.493 e. The number of piperidine rings is 1. The molecule has 2 N–H and O–H groups in total. The molecule has 1 saturated heterocycles. The van der Waals surface area contributed by atoms with Crippen LogP contribution in [0.3, 0.4) is 0 Å². The summed E-state index contributed by atoms with van der Waals surface area (Å²) in [7, 11) is 0. The zero-order valence-corrected chi connectivity index (χ0v) is 16.0. The van der Waals surface area contributed by atoms with Gasteiger partial charge in [0, 0.05) is 30.4 Å². The van der Waals surface area contributed by atoms with Gasteiger partial charge >= 0.3 is 0 Å². The third-order valence-corrected chi connectivity index (χ3v) is 6.23. The molecule has 3 heteroatoms. The maximum absolute atomic E-state index is 5.81. The summed E-state index contributed by atoms with van der Waals surface area (Å²) in [6, 6.07) is 18.4. The topological polar surface area (TPSA) is 18.1 Å². The van der Waals surface area contributed by atoms with Gasteiger partial charge in [-0.05, 0) is 24.6 Å². The van der Waals surface area contributed by atoms with Crippen LogP contribution < -0.4 is 14.5 Å². The molecule has 1 atom stereocenters. The molecule has 2 aliphatic heterocycles. The summed E-state index contributed by atoms with van der Waals surface area (Å²) in [5.41, 5.74) is 4.52. The fourth-order valence-corrected chi connectivity index (χ4v) is 4.78. The third-order valence-electron chi connectivity index (χ3n) is 6.23. The van der Waals surface area contributed by atoms with Gasteiger partial charge in [-0.2, -0.15) is 0 Å². The van der Waals surface area contributed by atoms with Crippen molar-refractivity contribution in [2.75, 3.05) is 26.2 Å². The highest BCUT2D eigenvalue weighted by Gasteiger charge is 2.32. The van der Waals surface area contributed by atoms with Crippen molar-refractivity contribution >= 4 is 0 Å². The Bertz CT molecular complexity index is 722. The molecule has 138 valence electrons. The van der Waals surface area contributed by atoms with Gasteiger partial charge in [-0.3, -0.25) is 0 Å². The Hall–Kier alpha value is -1.84. The Morgan fingerprint density at radius 2 is 1.65 bits per heavy atom. The van der Waals surface area contributed by atoms with Crippen LogP contribution in [0.25, 0.3) is 0 Å². The number of fused-ring (bicyclic) bond motifs is 1. The van der Waals surface area contributed by atoms with Gasteiger partial charge in [0.05, 0.1) is 32.3 Å². The smallest absolute Gasteiger partial charge is 0.128 e. The SMILES string of the molecule is CCOc1ccccc1C[NH+]1CCC([NH+]2CCc3ccccc3C2)CC1. The number of hydrogen-bond acceptors (Lipinski definition) is 1. The van der Waals surface area contributed by atoms with Crippen LogP contribution >= 0.6 is 0 Å². The predicted octanol–water partition coefficient (Wildman–Crippen LogP) is 1.27. The fourth-order valence-electron chi connectivity index (χ4n) is 4.78. The Labute approximate surface area is 157 Å². The number of rotatable bonds is 5.